The van der Waals surface area contributed by atoms with Gasteiger partial charge in [0.2, 0.25) is 5.91 Å². The Labute approximate surface area is 104 Å². The Hall–Kier alpha value is -1.70. The predicted octanol–water partition coefficient (Wildman–Crippen LogP) is 1.65. The summed E-state index contributed by atoms with van der Waals surface area (Å²) < 4.78 is 13.2. The number of rotatable bonds is 4. The van der Waals surface area contributed by atoms with E-state index in [1.807, 2.05) is 0 Å². The Morgan fingerprint density at radius 1 is 1.59 bits per heavy atom. The van der Waals surface area contributed by atoms with E-state index in [-0.39, 0.29) is 28.3 Å². The Morgan fingerprint density at radius 2 is 2.24 bits per heavy atom. The van der Waals surface area contributed by atoms with Crippen LogP contribution in [0.2, 0.25) is 0 Å². The number of anilines is 1. The van der Waals surface area contributed by atoms with Gasteiger partial charge < -0.3 is 10.6 Å². The Bertz CT molecular complexity index is 467. The van der Waals surface area contributed by atoms with E-state index in [0.29, 0.717) is 0 Å². The quantitative estimate of drug-likeness (QED) is 0.654. The van der Waals surface area contributed by atoms with Crippen molar-refractivity contribution in [3.05, 3.63) is 32.5 Å². The van der Waals surface area contributed by atoms with Crippen molar-refractivity contribution in [3.63, 3.8) is 0 Å². The molecule has 1 aromatic carbocycles. The van der Waals surface area contributed by atoms with Crippen molar-refractivity contribution >= 4 is 33.2 Å². The zero-order valence-electron chi connectivity index (χ0n) is 8.79. The molecule has 0 atom stereocenters. The molecule has 0 aromatic heterocycles. The Kier molecular flexibility index (Phi) is 4.38. The average Bonchev–Trinajstić information content (AvgIpc) is 2.29. The summed E-state index contributed by atoms with van der Waals surface area (Å²) in [5.41, 5.74) is -0.346. The number of benzene rings is 1. The van der Waals surface area contributed by atoms with Gasteiger partial charge in [0.15, 0.2) is 0 Å². The van der Waals surface area contributed by atoms with Crippen LogP contribution in [0.25, 0.3) is 0 Å². The molecule has 0 bridgehead atoms. The van der Waals surface area contributed by atoms with Crippen molar-refractivity contribution in [2.24, 2.45) is 0 Å². The third kappa shape index (κ3) is 3.38. The second-order valence-electron chi connectivity index (χ2n) is 3.07. The number of nitro groups is 1. The molecule has 1 amide bonds. The van der Waals surface area contributed by atoms with E-state index in [1.54, 1.807) is 0 Å². The Balaban J connectivity index is 3.00. The van der Waals surface area contributed by atoms with E-state index in [4.69, 9.17) is 0 Å². The maximum atomic E-state index is 13.2. The minimum atomic E-state index is -0.656. The van der Waals surface area contributed by atoms with Crippen molar-refractivity contribution in [1.29, 1.82) is 0 Å². The first kappa shape index (κ1) is 13.4. The van der Waals surface area contributed by atoms with E-state index in [0.717, 1.165) is 12.1 Å². The molecular formula is C9H9BrFN3O3. The van der Waals surface area contributed by atoms with Gasteiger partial charge in [-0.05, 0) is 15.9 Å². The van der Waals surface area contributed by atoms with Crippen LogP contribution in [0.15, 0.2) is 16.6 Å². The zero-order chi connectivity index (χ0) is 13.0. The van der Waals surface area contributed by atoms with E-state index < -0.39 is 10.7 Å². The monoisotopic (exact) mass is 305 g/mol. The van der Waals surface area contributed by atoms with Crippen LogP contribution in [0.3, 0.4) is 0 Å². The molecule has 0 aliphatic carbocycles. The minimum absolute atomic E-state index is 0.00491. The van der Waals surface area contributed by atoms with Crippen LogP contribution in [0.5, 0.6) is 0 Å². The van der Waals surface area contributed by atoms with Crippen LogP contribution in [0.4, 0.5) is 15.8 Å². The molecule has 17 heavy (non-hydrogen) atoms. The Morgan fingerprint density at radius 3 is 2.76 bits per heavy atom. The van der Waals surface area contributed by atoms with Crippen molar-refractivity contribution in [2.45, 2.75) is 0 Å². The second kappa shape index (κ2) is 5.58. The predicted molar refractivity (Wildman–Crippen MR) is 63.3 cm³/mol. The maximum Gasteiger partial charge on any atom is 0.293 e. The van der Waals surface area contributed by atoms with Gasteiger partial charge in [0.25, 0.3) is 5.69 Å². The van der Waals surface area contributed by atoms with Crippen LogP contribution < -0.4 is 10.6 Å². The van der Waals surface area contributed by atoms with Crippen molar-refractivity contribution in [2.75, 3.05) is 18.9 Å². The van der Waals surface area contributed by atoms with E-state index >= 15 is 0 Å². The SMILES string of the molecule is CNC(=O)CNc1cc(F)c(Br)cc1[N+](=O)[O-]. The highest BCUT2D eigenvalue weighted by atomic mass is 79.9. The molecule has 92 valence electrons. The lowest BCUT2D eigenvalue weighted by atomic mass is 10.2. The molecule has 0 aliphatic heterocycles. The fourth-order valence-corrected chi connectivity index (χ4v) is 1.42. The summed E-state index contributed by atoms with van der Waals surface area (Å²) in [5.74, 6) is -1.00. The van der Waals surface area contributed by atoms with Gasteiger partial charge in [0.05, 0.1) is 15.9 Å². The molecule has 0 fully saturated rings. The molecule has 0 heterocycles. The highest BCUT2D eigenvalue weighted by Gasteiger charge is 2.17. The summed E-state index contributed by atoms with van der Waals surface area (Å²) >= 11 is 2.86. The molecule has 8 heteroatoms. The van der Waals surface area contributed by atoms with E-state index in [9.17, 15) is 19.3 Å². The third-order valence-electron chi connectivity index (χ3n) is 1.95. The number of hydrogen-bond acceptors (Lipinski definition) is 4. The molecule has 0 saturated carbocycles. The number of nitro benzene ring substituents is 1. The van der Waals surface area contributed by atoms with Gasteiger partial charge in [0, 0.05) is 19.2 Å². The van der Waals surface area contributed by atoms with Gasteiger partial charge in [-0.1, -0.05) is 0 Å². The fraction of sp³-hybridized carbons (Fsp3) is 0.222. The topological polar surface area (TPSA) is 84.3 Å². The van der Waals surface area contributed by atoms with Crippen LogP contribution in [0.1, 0.15) is 0 Å². The molecule has 0 saturated heterocycles. The van der Waals surface area contributed by atoms with Crippen molar-refractivity contribution in [1.82, 2.24) is 5.32 Å². The average molecular weight is 306 g/mol. The van der Waals surface area contributed by atoms with Gasteiger partial charge in [0.1, 0.15) is 11.5 Å². The maximum absolute atomic E-state index is 13.2. The third-order valence-corrected chi connectivity index (χ3v) is 2.56. The lowest BCUT2D eigenvalue weighted by molar-refractivity contribution is -0.384. The number of likely N-dealkylation sites (N-methyl/N-ethyl adjacent to an activating group) is 1. The first-order chi connectivity index (χ1) is 7.95. The van der Waals surface area contributed by atoms with Gasteiger partial charge in [-0.15, -0.1) is 0 Å². The first-order valence-corrected chi connectivity index (χ1v) is 5.33. The highest BCUT2D eigenvalue weighted by Crippen LogP contribution is 2.30. The van der Waals surface area contributed by atoms with Gasteiger partial charge in [-0.2, -0.15) is 0 Å². The number of carbonyl (C=O) groups is 1. The van der Waals surface area contributed by atoms with Crippen LogP contribution in [-0.4, -0.2) is 24.4 Å². The van der Waals surface area contributed by atoms with Crippen molar-refractivity contribution < 1.29 is 14.1 Å². The largest absolute Gasteiger partial charge is 0.370 e. The molecule has 6 nitrogen and oxygen atoms in total. The molecule has 2 N–H and O–H groups in total. The molecular weight excluding hydrogens is 297 g/mol. The zero-order valence-corrected chi connectivity index (χ0v) is 10.4. The summed E-state index contributed by atoms with van der Waals surface area (Å²) in [5, 5.41) is 15.6. The molecule has 0 spiro atoms. The normalized spacial score (nSPS) is 9.82. The van der Waals surface area contributed by atoms with E-state index in [1.165, 1.54) is 7.05 Å². The van der Waals surface area contributed by atoms with Gasteiger partial charge >= 0.3 is 0 Å². The number of nitrogens with one attached hydrogen (secondary N) is 2. The van der Waals surface area contributed by atoms with Crippen LogP contribution in [-0.2, 0) is 4.79 Å². The fourth-order valence-electron chi connectivity index (χ4n) is 1.09. The second-order valence-corrected chi connectivity index (χ2v) is 3.92. The number of amides is 1. The lowest BCUT2D eigenvalue weighted by Crippen LogP contribution is -2.26. The highest BCUT2D eigenvalue weighted by molar-refractivity contribution is 9.10. The van der Waals surface area contributed by atoms with Gasteiger partial charge in [-0.3, -0.25) is 14.9 Å². The summed E-state index contributed by atoms with van der Waals surface area (Å²) in [7, 11) is 1.43. The first-order valence-electron chi connectivity index (χ1n) is 4.53. The summed E-state index contributed by atoms with van der Waals surface area (Å²) in [6.45, 7) is -0.168. The van der Waals surface area contributed by atoms with Gasteiger partial charge in [-0.25, -0.2) is 4.39 Å². The molecule has 0 aliphatic rings. The van der Waals surface area contributed by atoms with Crippen LogP contribution in [0, 0.1) is 15.9 Å². The van der Waals surface area contributed by atoms with E-state index in [2.05, 4.69) is 26.6 Å². The summed E-state index contributed by atoms with van der Waals surface area (Å²) in [6.07, 6.45) is 0. The summed E-state index contributed by atoms with van der Waals surface area (Å²) in [4.78, 5) is 21.0. The number of nitrogens with zero attached hydrogens (tertiary/aromatic N) is 1. The number of halogens is 2. The lowest BCUT2D eigenvalue weighted by Gasteiger charge is -2.07. The molecule has 1 aromatic rings. The van der Waals surface area contributed by atoms with Crippen molar-refractivity contribution in [3.8, 4) is 0 Å². The molecule has 0 unspecified atom stereocenters. The molecule has 0 radical (unpaired) electrons. The smallest absolute Gasteiger partial charge is 0.293 e. The number of carbonyl (C=O) groups excluding carboxylic acids is 1. The standard InChI is InChI=1S/C9H9BrFN3O3/c1-12-9(15)4-13-7-3-6(11)5(10)2-8(7)14(16)17/h2-3,13H,4H2,1H3,(H,12,15). The number of hydrogen-bond donors (Lipinski definition) is 2. The summed E-state index contributed by atoms with van der Waals surface area (Å²) in [6, 6.07) is 2.01. The van der Waals surface area contributed by atoms with Crippen LogP contribution >= 0.6 is 15.9 Å². The minimum Gasteiger partial charge on any atom is -0.370 e. The molecule has 1 rings (SSSR count).